The van der Waals surface area contributed by atoms with Crippen molar-refractivity contribution in [1.29, 1.82) is 0 Å². The molecule has 1 rings (SSSR count). The van der Waals surface area contributed by atoms with Crippen LogP contribution in [0.4, 0.5) is 0 Å². The van der Waals surface area contributed by atoms with Gasteiger partial charge in [0, 0.05) is 6.42 Å². The molecule has 0 aliphatic carbocycles. The van der Waals surface area contributed by atoms with Crippen LogP contribution in [0, 0.1) is 0 Å². The molecular formula is C11H19NO10. The molecule has 0 radical (unpaired) electrons. The van der Waals surface area contributed by atoms with Crippen molar-refractivity contribution in [2.75, 3.05) is 13.2 Å². The third-order valence-corrected chi connectivity index (χ3v) is 3.64. The summed E-state index contributed by atoms with van der Waals surface area (Å²) < 4.78 is 4.75. The van der Waals surface area contributed by atoms with E-state index in [4.69, 9.17) is 25.8 Å². The molecule has 0 saturated carbocycles. The number of ether oxygens (including phenoxy) is 1. The summed E-state index contributed by atoms with van der Waals surface area (Å²) in [5.74, 6) is -6.32. The van der Waals surface area contributed by atoms with E-state index >= 15 is 0 Å². The molecule has 0 aromatic carbocycles. The number of aliphatic carboxylic acids is 1. The molecule has 1 heterocycles. The number of carboxylic acids is 1. The molecule has 11 nitrogen and oxygen atoms in total. The topological polar surface area (TPSA) is 211 Å². The zero-order chi connectivity index (χ0) is 17.3. The van der Waals surface area contributed by atoms with Crippen LogP contribution in [0.5, 0.6) is 0 Å². The van der Waals surface area contributed by atoms with Crippen LogP contribution in [0.25, 0.3) is 0 Å². The van der Waals surface area contributed by atoms with Gasteiger partial charge in [-0.05, 0) is 0 Å². The van der Waals surface area contributed by atoms with Crippen molar-refractivity contribution < 1.29 is 50.1 Å². The fraction of sp³-hybridized carbons (Fsp3) is 0.818. The predicted octanol–water partition coefficient (Wildman–Crippen LogP) is -5.12. The number of carboxylic acid groups (broad SMARTS) is 1. The van der Waals surface area contributed by atoms with Crippen LogP contribution in [0.2, 0.25) is 0 Å². The molecule has 128 valence electrons. The van der Waals surface area contributed by atoms with Crippen molar-refractivity contribution in [2.45, 2.75) is 42.2 Å². The van der Waals surface area contributed by atoms with Crippen molar-refractivity contribution in [3.63, 3.8) is 0 Å². The standard InChI is InChI=1S/C11H19NO10/c12-7-4(15)1-10(20,9(18)19)22-8(7)11(21,5(16)2-13)6(17)3-14/h4-5,7-8,13-16,20-21H,1-3,12H2,(H,18,19)/t4-,5+,7+,8+,10-,11-/m0/s1. The lowest BCUT2D eigenvalue weighted by Crippen LogP contribution is -2.73. The van der Waals surface area contributed by atoms with E-state index in [0.29, 0.717) is 0 Å². The highest BCUT2D eigenvalue weighted by molar-refractivity contribution is 5.89. The van der Waals surface area contributed by atoms with Crippen molar-refractivity contribution in [2.24, 2.45) is 5.73 Å². The van der Waals surface area contributed by atoms with Gasteiger partial charge < -0.3 is 46.2 Å². The molecule has 9 N–H and O–H groups in total. The Kier molecular flexibility index (Phi) is 5.59. The molecule has 0 aromatic rings. The van der Waals surface area contributed by atoms with Crippen LogP contribution in [0.15, 0.2) is 0 Å². The van der Waals surface area contributed by atoms with Crippen LogP contribution in [-0.4, -0.2) is 96.5 Å². The molecule has 1 aliphatic heterocycles. The van der Waals surface area contributed by atoms with Crippen molar-refractivity contribution in [1.82, 2.24) is 0 Å². The van der Waals surface area contributed by atoms with Gasteiger partial charge in [-0.2, -0.15) is 0 Å². The second-order valence-electron chi connectivity index (χ2n) is 5.08. The van der Waals surface area contributed by atoms with Crippen molar-refractivity contribution in [3.8, 4) is 0 Å². The molecule has 0 aromatic heterocycles. The van der Waals surface area contributed by atoms with E-state index in [0.717, 1.165) is 0 Å². The number of aliphatic hydroxyl groups is 6. The summed E-state index contributed by atoms with van der Waals surface area (Å²) in [6.07, 6.45) is -6.85. The van der Waals surface area contributed by atoms with E-state index < -0.39 is 67.1 Å². The van der Waals surface area contributed by atoms with Crippen LogP contribution in [-0.2, 0) is 14.3 Å². The normalized spacial score (nSPS) is 36.4. The SMILES string of the molecule is N[C@H]1[C@H]([C@@](O)(C(=O)CO)[C@H](O)CO)O[C@](O)(C(=O)O)C[C@@H]1O. The summed E-state index contributed by atoms with van der Waals surface area (Å²) in [4.78, 5) is 22.8. The Balaban J connectivity index is 3.32. The first-order valence-corrected chi connectivity index (χ1v) is 6.27. The molecule has 0 amide bonds. The molecule has 22 heavy (non-hydrogen) atoms. The van der Waals surface area contributed by atoms with E-state index in [1.165, 1.54) is 0 Å². The van der Waals surface area contributed by atoms with Crippen LogP contribution in [0.3, 0.4) is 0 Å². The molecule has 6 atom stereocenters. The number of hydrogen-bond donors (Lipinski definition) is 8. The first-order valence-electron chi connectivity index (χ1n) is 6.27. The Morgan fingerprint density at radius 2 is 1.95 bits per heavy atom. The maximum absolute atomic E-state index is 11.7. The third kappa shape index (κ3) is 2.98. The highest BCUT2D eigenvalue weighted by Crippen LogP contribution is 2.34. The molecule has 0 bridgehead atoms. The van der Waals surface area contributed by atoms with Crippen molar-refractivity contribution >= 4 is 11.8 Å². The Hall–Kier alpha value is -1.18. The number of ketones is 1. The molecule has 1 aliphatic rings. The summed E-state index contributed by atoms with van der Waals surface area (Å²) in [5, 5.41) is 66.3. The Labute approximate surface area is 124 Å². The summed E-state index contributed by atoms with van der Waals surface area (Å²) in [6.45, 7) is -2.45. The van der Waals surface area contributed by atoms with Gasteiger partial charge in [0.25, 0.3) is 5.79 Å². The average Bonchev–Trinajstić information content (AvgIpc) is 2.48. The summed E-state index contributed by atoms with van der Waals surface area (Å²) in [6, 6.07) is -1.58. The number of hydrogen-bond acceptors (Lipinski definition) is 10. The monoisotopic (exact) mass is 325 g/mol. The maximum Gasteiger partial charge on any atom is 0.364 e. The van der Waals surface area contributed by atoms with Crippen LogP contribution >= 0.6 is 0 Å². The number of Topliss-reactive ketones (excluding diaryl/α,β-unsaturated/α-hetero) is 1. The second kappa shape index (κ2) is 6.52. The average molecular weight is 325 g/mol. The van der Waals surface area contributed by atoms with Gasteiger partial charge in [0.2, 0.25) is 0 Å². The molecule has 1 saturated heterocycles. The number of nitrogens with two attached hydrogens (primary N) is 1. The zero-order valence-corrected chi connectivity index (χ0v) is 11.4. The number of carbonyl (C=O) groups is 2. The smallest absolute Gasteiger partial charge is 0.364 e. The number of carbonyl (C=O) groups excluding carboxylic acids is 1. The zero-order valence-electron chi connectivity index (χ0n) is 11.4. The summed E-state index contributed by atoms with van der Waals surface area (Å²) >= 11 is 0. The van der Waals surface area contributed by atoms with Crippen molar-refractivity contribution in [3.05, 3.63) is 0 Å². The summed E-state index contributed by atoms with van der Waals surface area (Å²) in [5.41, 5.74) is 2.52. The second-order valence-corrected chi connectivity index (χ2v) is 5.08. The van der Waals surface area contributed by atoms with Gasteiger partial charge in [-0.15, -0.1) is 0 Å². The molecule has 1 fully saturated rings. The van der Waals surface area contributed by atoms with Gasteiger partial charge in [-0.25, -0.2) is 4.79 Å². The molecule has 0 spiro atoms. The lowest BCUT2D eigenvalue weighted by atomic mass is 9.78. The third-order valence-electron chi connectivity index (χ3n) is 3.64. The van der Waals surface area contributed by atoms with Crippen LogP contribution in [0.1, 0.15) is 6.42 Å². The maximum atomic E-state index is 11.7. The minimum absolute atomic E-state index is 0.849. The van der Waals surface area contributed by atoms with Gasteiger partial charge in [0.15, 0.2) is 11.4 Å². The van der Waals surface area contributed by atoms with Gasteiger partial charge in [0.1, 0.15) is 18.8 Å². The number of aliphatic hydroxyl groups excluding tert-OH is 4. The Morgan fingerprint density at radius 1 is 1.41 bits per heavy atom. The highest BCUT2D eigenvalue weighted by atomic mass is 16.7. The van der Waals surface area contributed by atoms with E-state index in [2.05, 4.69) is 0 Å². The molecule has 11 heteroatoms. The van der Waals surface area contributed by atoms with Gasteiger partial charge in [-0.3, -0.25) is 4.79 Å². The lowest BCUT2D eigenvalue weighted by molar-refractivity contribution is -0.306. The first-order chi connectivity index (χ1) is 10.0. The fourth-order valence-electron chi connectivity index (χ4n) is 2.28. The first kappa shape index (κ1) is 18.9. The highest BCUT2D eigenvalue weighted by Gasteiger charge is 2.60. The molecule has 0 unspecified atom stereocenters. The largest absolute Gasteiger partial charge is 0.477 e. The van der Waals surface area contributed by atoms with E-state index in [-0.39, 0.29) is 0 Å². The lowest BCUT2D eigenvalue weighted by Gasteiger charge is -2.47. The molecular weight excluding hydrogens is 306 g/mol. The van der Waals surface area contributed by atoms with E-state index in [9.17, 15) is 30.0 Å². The Bertz CT molecular complexity index is 445. The minimum atomic E-state index is -3.03. The van der Waals surface area contributed by atoms with Gasteiger partial charge in [0.05, 0.1) is 18.8 Å². The fourth-order valence-corrected chi connectivity index (χ4v) is 2.28. The predicted molar refractivity (Wildman–Crippen MR) is 66.2 cm³/mol. The summed E-state index contributed by atoms with van der Waals surface area (Å²) in [7, 11) is 0. The van der Waals surface area contributed by atoms with E-state index in [1.54, 1.807) is 0 Å². The quantitative estimate of drug-likeness (QED) is 0.231. The minimum Gasteiger partial charge on any atom is -0.477 e. The van der Waals surface area contributed by atoms with Gasteiger partial charge >= 0.3 is 5.97 Å². The van der Waals surface area contributed by atoms with Crippen LogP contribution < -0.4 is 5.73 Å². The Morgan fingerprint density at radius 3 is 2.36 bits per heavy atom. The van der Waals surface area contributed by atoms with E-state index in [1.807, 2.05) is 0 Å². The van der Waals surface area contributed by atoms with Gasteiger partial charge in [-0.1, -0.05) is 0 Å². The number of rotatable bonds is 6.